The zero-order chi connectivity index (χ0) is 19.4. The van der Waals surface area contributed by atoms with Crippen LogP contribution in [0.1, 0.15) is 38.3 Å². The van der Waals surface area contributed by atoms with E-state index in [2.05, 4.69) is 49.1 Å². The average molecular weight is 365 g/mol. The Bertz CT molecular complexity index is 773. The summed E-state index contributed by atoms with van der Waals surface area (Å²) in [6.45, 7) is 9.31. The van der Waals surface area contributed by atoms with E-state index in [1.807, 2.05) is 24.3 Å². The van der Waals surface area contributed by atoms with Crippen molar-refractivity contribution in [1.29, 1.82) is 0 Å². The van der Waals surface area contributed by atoms with Crippen molar-refractivity contribution >= 4 is 11.5 Å². The number of benzene rings is 2. The van der Waals surface area contributed by atoms with Crippen LogP contribution in [-0.4, -0.2) is 30.3 Å². The molecule has 2 N–H and O–H groups in total. The average Bonchev–Trinajstić information content (AvgIpc) is 2.65. The second kappa shape index (κ2) is 8.26. The number of Topliss-reactive ketones (excluding diaryl/α,β-unsaturated/α-hetero) is 1. The minimum Gasteiger partial charge on any atom is -0.399 e. The summed E-state index contributed by atoms with van der Waals surface area (Å²) >= 11 is 0. The van der Waals surface area contributed by atoms with E-state index in [1.54, 1.807) is 6.92 Å². The Morgan fingerprint density at radius 3 is 2.59 bits per heavy atom. The number of carbonyl (C=O) groups excluding carboxylic acids is 1. The molecular weight excluding hydrogens is 332 g/mol. The lowest BCUT2D eigenvalue weighted by Gasteiger charge is -2.45. The first kappa shape index (κ1) is 19.6. The summed E-state index contributed by atoms with van der Waals surface area (Å²) in [4.78, 5) is 14.7. The smallest absolute Gasteiger partial charge is 0.134 e. The van der Waals surface area contributed by atoms with E-state index in [0.717, 1.165) is 38.2 Å². The van der Waals surface area contributed by atoms with Gasteiger partial charge in [-0.1, -0.05) is 56.3 Å². The normalized spacial score (nSPS) is 24.5. The van der Waals surface area contributed by atoms with Crippen molar-refractivity contribution in [3.8, 4) is 0 Å². The molecule has 1 fully saturated rings. The second-order valence-corrected chi connectivity index (χ2v) is 8.45. The van der Waals surface area contributed by atoms with Crippen LogP contribution in [0.2, 0.25) is 0 Å². The molecule has 1 heterocycles. The summed E-state index contributed by atoms with van der Waals surface area (Å²) in [5.41, 5.74) is 9.57. The third-order valence-corrected chi connectivity index (χ3v) is 6.49. The second-order valence-electron chi connectivity index (χ2n) is 8.45. The van der Waals surface area contributed by atoms with Gasteiger partial charge in [-0.2, -0.15) is 0 Å². The molecule has 27 heavy (non-hydrogen) atoms. The first-order valence-corrected chi connectivity index (χ1v) is 10.0. The zero-order valence-corrected chi connectivity index (χ0v) is 16.8. The van der Waals surface area contributed by atoms with E-state index in [9.17, 15) is 4.79 Å². The standard InChI is InChI=1S/C24H32N2O/c1-18-16-26(13-12-24(18,3)22-10-7-11-23(25)15-22)17-21(19(2)27)14-20-8-5-4-6-9-20/h4-11,15,18,21H,12-14,16-17,25H2,1-3H3/t18?,21?,24-/m1/s1. The van der Waals surface area contributed by atoms with E-state index in [0.29, 0.717) is 5.92 Å². The fourth-order valence-electron chi connectivity index (χ4n) is 4.35. The van der Waals surface area contributed by atoms with Gasteiger partial charge in [0, 0.05) is 24.7 Å². The van der Waals surface area contributed by atoms with Crippen LogP contribution in [0, 0.1) is 11.8 Å². The number of carbonyl (C=O) groups is 1. The Morgan fingerprint density at radius 2 is 1.96 bits per heavy atom. The van der Waals surface area contributed by atoms with Crippen LogP contribution >= 0.6 is 0 Å². The molecule has 3 nitrogen and oxygen atoms in total. The molecule has 1 aliphatic rings. The quantitative estimate of drug-likeness (QED) is 0.777. The maximum absolute atomic E-state index is 12.2. The minimum atomic E-state index is 0.0660. The van der Waals surface area contributed by atoms with Crippen molar-refractivity contribution in [1.82, 2.24) is 4.90 Å². The summed E-state index contributed by atoms with van der Waals surface area (Å²) in [5, 5.41) is 0. The van der Waals surface area contributed by atoms with E-state index in [-0.39, 0.29) is 17.1 Å². The summed E-state index contributed by atoms with van der Waals surface area (Å²) < 4.78 is 0. The lowest BCUT2D eigenvalue weighted by Crippen LogP contribution is -2.49. The van der Waals surface area contributed by atoms with Gasteiger partial charge < -0.3 is 10.6 Å². The maximum Gasteiger partial charge on any atom is 0.134 e. The maximum atomic E-state index is 12.2. The van der Waals surface area contributed by atoms with Gasteiger partial charge >= 0.3 is 0 Å². The Kier molecular flexibility index (Phi) is 6.01. The van der Waals surface area contributed by atoms with Gasteiger partial charge in [0.1, 0.15) is 5.78 Å². The highest BCUT2D eigenvalue weighted by molar-refractivity contribution is 5.78. The number of ketones is 1. The van der Waals surface area contributed by atoms with Crippen molar-refractivity contribution < 1.29 is 4.79 Å². The highest BCUT2D eigenvalue weighted by atomic mass is 16.1. The first-order valence-electron chi connectivity index (χ1n) is 10.0. The molecule has 0 saturated carbocycles. The van der Waals surface area contributed by atoms with Crippen molar-refractivity contribution in [2.45, 2.75) is 39.0 Å². The SMILES string of the molecule is CC(=O)C(Cc1ccccc1)CN1CC[C@@](C)(c2cccc(N)c2)C(C)C1. The van der Waals surface area contributed by atoms with Crippen LogP contribution < -0.4 is 5.73 Å². The number of hydrogen-bond donors (Lipinski definition) is 1. The molecule has 2 aromatic carbocycles. The third kappa shape index (κ3) is 4.59. The number of nitrogens with zero attached hydrogens (tertiary/aromatic N) is 1. The van der Waals surface area contributed by atoms with Crippen molar-refractivity contribution in [2.24, 2.45) is 11.8 Å². The van der Waals surface area contributed by atoms with Crippen LogP contribution in [0.25, 0.3) is 0 Å². The third-order valence-electron chi connectivity index (χ3n) is 6.49. The largest absolute Gasteiger partial charge is 0.399 e. The molecule has 0 amide bonds. The lowest BCUT2D eigenvalue weighted by atomic mass is 9.68. The highest BCUT2D eigenvalue weighted by Crippen LogP contribution is 2.40. The molecule has 0 radical (unpaired) electrons. The number of hydrogen-bond acceptors (Lipinski definition) is 3. The first-order chi connectivity index (χ1) is 12.9. The predicted molar refractivity (Wildman–Crippen MR) is 113 cm³/mol. The van der Waals surface area contributed by atoms with E-state index >= 15 is 0 Å². The number of piperidine rings is 1. The number of rotatable bonds is 6. The Hall–Kier alpha value is -2.13. The molecule has 0 aliphatic carbocycles. The number of nitrogen functional groups attached to an aromatic ring is 1. The molecule has 2 aromatic rings. The molecule has 1 aliphatic heterocycles. The Balaban J connectivity index is 1.67. The van der Waals surface area contributed by atoms with Crippen LogP contribution in [-0.2, 0) is 16.6 Å². The molecule has 3 rings (SSSR count). The summed E-state index contributed by atoms with van der Waals surface area (Å²) in [5.74, 6) is 0.865. The van der Waals surface area contributed by atoms with Gasteiger partial charge in [0.2, 0.25) is 0 Å². The molecule has 0 bridgehead atoms. The minimum absolute atomic E-state index is 0.0660. The molecule has 144 valence electrons. The Morgan fingerprint density at radius 1 is 1.22 bits per heavy atom. The predicted octanol–water partition coefficient (Wildman–Crippen LogP) is 4.32. The molecular formula is C24H32N2O. The summed E-state index contributed by atoms with van der Waals surface area (Å²) in [6, 6.07) is 18.7. The van der Waals surface area contributed by atoms with Gasteiger partial charge in [-0.25, -0.2) is 0 Å². The highest BCUT2D eigenvalue weighted by Gasteiger charge is 2.38. The summed E-state index contributed by atoms with van der Waals surface area (Å²) in [6.07, 6.45) is 1.92. The van der Waals surface area contributed by atoms with Crippen LogP contribution in [0.5, 0.6) is 0 Å². The molecule has 3 atom stereocenters. The van der Waals surface area contributed by atoms with Gasteiger partial charge in [0.25, 0.3) is 0 Å². The fourth-order valence-corrected chi connectivity index (χ4v) is 4.35. The number of likely N-dealkylation sites (tertiary alicyclic amines) is 1. The van der Waals surface area contributed by atoms with Crippen LogP contribution in [0.15, 0.2) is 54.6 Å². The van der Waals surface area contributed by atoms with E-state index in [1.165, 1.54) is 11.1 Å². The molecule has 2 unspecified atom stereocenters. The van der Waals surface area contributed by atoms with Crippen molar-refractivity contribution in [2.75, 3.05) is 25.4 Å². The zero-order valence-electron chi connectivity index (χ0n) is 16.8. The fraction of sp³-hybridized carbons (Fsp3) is 0.458. The van der Waals surface area contributed by atoms with E-state index in [4.69, 9.17) is 5.73 Å². The Labute approximate surface area is 163 Å². The molecule has 3 heteroatoms. The van der Waals surface area contributed by atoms with Gasteiger partial charge in [0.15, 0.2) is 0 Å². The van der Waals surface area contributed by atoms with Crippen LogP contribution in [0.3, 0.4) is 0 Å². The molecule has 0 spiro atoms. The van der Waals surface area contributed by atoms with E-state index < -0.39 is 0 Å². The van der Waals surface area contributed by atoms with Gasteiger partial charge in [0.05, 0.1) is 0 Å². The van der Waals surface area contributed by atoms with Crippen LogP contribution in [0.4, 0.5) is 5.69 Å². The topological polar surface area (TPSA) is 46.3 Å². The molecule has 0 aromatic heterocycles. The molecule has 1 saturated heterocycles. The van der Waals surface area contributed by atoms with Gasteiger partial charge in [-0.15, -0.1) is 0 Å². The van der Waals surface area contributed by atoms with Gasteiger partial charge in [-0.3, -0.25) is 4.79 Å². The number of nitrogens with two attached hydrogens (primary N) is 1. The monoisotopic (exact) mass is 364 g/mol. The van der Waals surface area contributed by atoms with Crippen molar-refractivity contribution in [3.63, 3.8) is 0 Å². The van der Waals surface area contributed by atoms with Gasteiger partial charge in [-0.05, 0) is 60.9 Å². The van der Waals surface area contributed by atoms with Crippen molar-refractivity contribution in [3.05, 3.63) is 65.7 Å². The number of anilines is 1. The lowest BCUT2D eigenvalue weighted by molar-refractivity contribution is -0.121. The summed E-state index contributed by atoms with van der Waals surface area (Å²) in [7, 11) is 0.